The van der Waals surface area contributed by atoms with Gasteiger partial charge in [-0.05, 0) is 6.42 Å². The van der Waals surface area contributed by atoms with Crippen LogP contribution in [0.4, 0.5) is 0 Å². The molecular formula is C9H19IN2. The van der Waals surface area contributed by atoms with Crippen molar-refractivity contribution < 1.29 is 28.5 Å². The molecule has 0 saturated carbocycles. The predicted octanol–water partition coefficient (Wildman–Crippen LogP) is -1.22. The van der Waals surface area contributed by atoms with Crippen LogP contribution in [0.1, 0.15) is 26.2 Å². The van der Waals surface area contributed by atoms with Crippen molar-refractivity contribution in [2.24, 2.45) is 0 Å². The molecule has 0 atom stereocenters. The quantitative estimate of drug-likeness (QED) is 0.352. The number of quaternary nitrogens is 1. The Morgan fingerprint density at radius 1 is 1.25 bits per heavy atom. The van der Waals surface area contributed by atoms with Gasteiger partial charge in [0.05, 0.1) is 33.3 Å². The van der Waals surface area contributed by atoms with Crippen molar-refractivity contribution in [2.45, 2.75) is 26.2 Å². The summed E-state index contributed by atoms with van der Waals surface area (Å²) in [6.45, 7) is 4.54. The van der Waals surface area contributed by atoms with E-state index >= 15 is 0 Å². The van der Waals surface area contributed by atoms with E-state index in [0.29, 0.717) is 6.42 Å². The number of unbranched alkanes of at least 4 members (excludes halogenated alkanes) is 1. The van der Waals surface area contributed by atoms with Gasteiger partial charge in [0.1, 0.15) is 0 Å². The molecule has 3 heteroatoms. The van der Waals surface area contributed by atoms with Crippen LogP contribution in [-0.2, 0) is 0 Å². The molecule has 2 nitrogen and oxygen atoms in total. The maximum Gasteiger partial charge on any atom is 0.0792 e. The summed E-state index contributed by atoms with van der Waals surface area (Å²) in [5.74, 6) is 0. The highest BCUT2D eigenvalue weighted by molar-refractivity contribution is 4.67. The standard InChI is InChI=1S/C9H19N2.HI/c1-4-8-11(2,3)9-6-5-7-10;/h4-6,8-9H2,1-3H3;1H/q+1;/p-1. The molecule has 0 saturated heterocycles. The molecule has 0 aliphatic heterocycles. The molecule has 0 aliphatic rings. The molecule has 0 radical (unpaired) electrons. The van der Waals surface area contributed by atoms with Crippen LogP contribution in [-0.4, -0.2) is 31.7 Å². The van der Waals surface area contributed by atoms with Gasteiger partial charge in [-0.25, -0.2) is 0 Å². The summed E-state index contributed by atoms with van der Waals surface area (Å²) in [4.78, 5) is 0. The van der Waals surface area contributed by atoms with Gasteiger partial charge in [0.2, 0.25) is 0 Å². The Bertz CT molecular complexity index is 138. The highest BCUT2D eigenvalue weighted by Gasteiger charge is 2.11. The van der Waals surface area contributed by atoms with Crippen LogP contribution in [0.5, 0.6) is 0 Å². The van der Waals surface area contributed by atoms with Gasteiger partial charge in [-0.2, -0.15) is 5.26 Å². The SMILES string of the molecule is CCC[N+](C)(C)CCCC#N.[I-]. The fraction of sp³-hybridized carbons (Fsp3) is 0.889. The first-order valence-corrected chi connectivity index (χ1v) is 4.31. The van der Waals surface area contributed by atoms with E-state index in [1.165, 1.54) is 13.0 Å². The van der Waals surface area contributed by atoms with E-state index in [0.717, 1.165) is 17.4 Å². The summed E-state index contributed by atoms with van der Waals surface area (Å²) in [5, 5.41) is 8.34. The van der Waals surface area contributed by atoms with Crippen molar-refractivity contribution >= 4 is 0 Å². The molecule has 0 bridgehead atoms. The second kappa shape index (κ2) is 7.81. The molecule has 0 aliphatic carbocycles. The van der Waals surface area contributed by atoms with Crippen LogP contribution in [0.2, 0.25) is 0 Å². The van der Waals surface area contributed by atoms with Crippen molar-refractivity contribution in [3.05, 3.63) is 0 Å². The zero-order valence-electron chi connectivity index (χ0n) is 8.31. The third-order valence-electron chi connectivity index (χ3n) is 1.88. The Labute approximate surface area is 93.2 Å². The largest absolute Gasteiger partial charge is 1.00 e. The maximum atomic E-state index is 8.34. The average molecular weight is 282 g/mol. The fourth-order valence-electron chi connectivity index (χ4n) is 1.30. The lowest BCUT2D eigenvalue weighted by Crippen LogP contribution is -3.00. The van der Waals surface area contributed by atoms with Gasteiger partial charge >= 0.3 is 0 Å². The molecule has 72 valence electrons. The van der Waals surface area contributed by atoms with Gasteiger partial charge in [-0.3, -0.25) is 0 Å². The van der Waals surface area contributed by atoms with E-state index in [2.05, 4.69) is 27.1 Å². The van der Waals surface area contributed by atoms with Crippen LogP contribution in [0, 0.1) is 11.3 Å². The molecule has 0 fully saturated rings. The third-order valence-corrected chi connectivity index (χ3v) is 1.88. The van der Waals surface area contributed by atoms with Crippen molar-refractivity contribution in [1.29, 1.82) is 5.26 Å². The summed E-state index contributed by atoms with van der Waals surface area (Å²) in [7, 11) is 4.45. The number of hydrogen-bond donors (Lipinski definition) is 0. The minimum atomic E-state index is 0. The second-order valence-electron chi connectivity index (χ2n) is 3.64. The Morgan fingerprint density at radius 3 is 2.25 bits per heavy atom. The van der Waals surface area contributed by atoms with Crippen molar-refractivity contribution in [1.82, 2.24) is 0 Å². The van der Waals surface area contributed by atoms with Crippen molar-refractivity contribution in [3.63, 3.8) is 0 Å². The lowest BCUT2D eigenvalue weighted by Gasteiger charge is -2.28. The minimum absolute atomic E-state index is 0. The molecule has 0 aromatic heterocycles. The monoisotopic (exact) mass is 282 g/mol. The first-order valence-electron chi connectivity index (χ1n) is 4.31. The molecule has 0 spiro atoms. The normalized spacial score (nSPS) is 10.2. The van der Waals surface area contributed by atoms with Crippen LogP contribution in [0.25, 0.3) is 0 Å². The fourth-order valence-corrected chi connectivity index (χ4v) is 1.30. The lowest BCUT2D eigenvalue weighted by atomic mass is 10.3. The van der Waals surface area contributed by atoms with Crippen molar-refractivity contribution in [3.8, 4) is 6.07 Å². The van der Waals surface area contributed by atoms with E-state index < -0.39 is 0 Å². The van der Waals surface area contributed by atoms with Gasteiger partial charge in [-0.15, -0.1) is 0 Å². The molecule has 0 heterocycles. The highest BCUT2D eigenvalue weighted by Crippen LogP contribution is 2.02. The zero-order valence-corrected chi connectivity index (χ0v) is 10.5. The minimum Gasteiger partial charge on any atom is -1.00 e. The van der Waals surface area contributed by atoms with Gasteiger partial charge < -0.3 is 28.5 Å². The number of rotatable bonds is 5. The van der Waals surface area contributed by atoms with E-state index in [1.54, 1.807) is 0 Å². The van der Waals surface area contributed by atoms with Gasteiger partial charge in [0.25, 0.3) is 0 Å². The Hall–Kier alpha value is 0.180. The number of nitriles is 1. The van der Waals surface area contributed by atoms with Crippen molar-refractivity contribution in [2.75, 3.05) is 27.2 Å². The first-order chi connectivity index (χ1) is 5.12. The summed E-state index contributed by atoms with van der Waals surface area (Å²) in [5.41, 5.74) is 0. The maximum absolute atomic E-state index is 8.34. The Kier molecular flexibility index (Phi) is 9.56. The van der Waals surface area contributed by atoms with Gasteiger partial charge in [0, 0.05) is 12.8 Å². The molecule has 0 aromatic carbocycles. The van der Waals surface area contributed by atoms with Crippen LogP contribution < -0.4 is 24.0 Å². The number of halogens is 1. The van der Waals surface area contributed by atoms with Crippen LogP contribution >= 0.6 is 0 Å². The zero-order chi connectivity index (χ0) is 8.74. The van der Waals surface area contributed by atoms with E-state index in [1.807, 2.05) is 0 Å². The topological polar surface area (TPSA) is 23.8 Å². The molecule has 0 unspecified atom stereocenters. The number of hydrogen-bond acceptors (Lipinski definition) is 1. The second-order valence-corrected chi connectivity index (χ2v) is 3.64. The Balaban J connectivity index is 0. The first kappa shape index (κ1) is 14.7. The van der Waals surface area contributed by atoms with Crippen LogP contribution in [0.15, 0.2) is 0 Å². The molecular weight excluding hydrogens is 263 g/mol. The summed E-state index contributed by atoms with van der Waals surface area (Å²) >= 11 is 0. The molecule has 0 rings (SSSR count). The smallest absolute Gasteiger partial charge is 0.0792 e. The number of nitrogens with zero attached hydrogens (tertiary/aromatic N) is 2. The predicted molar refractivity (Wildman–Crippen MR) is 47.0 cm³/mol. The summed E-state index contributed by atoms with van der Waals surface area (Å²) < 4.78 is 1.05. The van der Waals surface area contributed by atoms with Gasteiger partial charge in [0.15, 0.2) is 0 Å². The third kappa shape index (κ3) is 8.28. The summed E-state index contributed by atoms with van der Waals surface area (Å²) in [6, 6.07) is 2.17. The average Bonchev–Trinajstić information content (AvgIpc) is 1.87. The summed E-state index contributed by atoms with van der Waals surface area (Å²) in [6.07, 6.45) is 2.95. The van der Waals surface area contributed by atoms with E-state index in [-0.39, 0.29) is 24.0 Å². The van der Waals surface area contributed by atoms with E-state index in [9.17, 15) is 0 Å². The van der Waals surface area contributed by atoms with E-state index in [4.69, 9.17) is 5.26 Å². The van der Waals surface area contributed by atoms with Gasteiger partial charge in [-0.1, -0.05) is 6.92 Å². The Morgan fingerprint density at radius 2 is 1.83 bits per heavy atom. The molecule has 12 heavy (non-hydrogen) atoms. The molecule has 0 amide bonds. The lowest BCUT2D eigenvalue weighted by molar-refractivity contribution is -0.890. The van der Waals surface area contributed by atoms with Crippen LogP contribution in [0.3, 0.4) is 0 Å². The molecule has 0 aromatic rings. The highest BCUT2D eigenvalue weighted by atomic mass is 127. The molecule has 0 N–H and O–H groups in total.